The zero-order valence-electron chi connectivity index (χ0n) is 12.9. The molecule has 6 nitrogen and oxygen atoms in total. The summed E-state index contributed by atoms with van der Waals surface area (Å²) in [5.74, 6) is -0.513. The maximum atomic E-state index is 12.0. The number of ketones is 1. The van der Waals surface area contributed by atoms with Crippen molar-refractivity contribution in [2.45, 2.75) is 38.8 Å². The quantitative estimate of drug-likeness (QED) is 0.566. The van der Waals surface area contributed by atoms with Gasteiger partial charge in [-0.3, -0.25) is 9.59 Å². The van der Waals surface area contributed by atoms with Crippen LogP contribution >= 0.6 is 0 Å². The highest BCUT2D eigenvalue weighted by atomic mass is 16.5. The van der Waals surface area contributed by atoms with Crippen LogP contribution in [0.1, 0.15) is 37.0 Å². The fraction of sp³-hybridized carbons (Fsp3) is 0.500. The molecule has 0 aliphatic heterocycles. The van der Waals surface area contributed by atoms with E-state index in [4.69, 9.17) is 9.84 Å². The van der Waals surface area contributed by atoms with Crippen LogP contribution in [0.25, 0.3) is 0 Å². The minimum atomic E-state index is -1.14. The summed E-state index contributed by atoms with van der Waals surface area (Å²) < 4.78 is 5.44. The minimum Gasteiger partial charge on any atom is -0.494 e. The first kappa shape index (κ1) is 18.1. The molecule has 0 aliphatic rings. The number of aliphatic carboxylic acids is 1. The molecular weight excluding hydrogens is 286 g/mol. The maximum absolute atomic E-state index is 12.0. The van der Waals surface area contributed by atoms with Gasteiger partial charge < -0.3 is 20.3 Å². The van der Waals surface area contributed by atoms with E-state index in [1.807, 2.05) is 6.92 Å². The monoisotopic (exact) mass is 309 g/mol. The summed E-state index contributed by atoms with van der Waals surface area (Å²) in [6.07, 6.45) is 0.0501. The second-order valence-electron chi connectivity index (χ2n) is 5.06. The molecule has 0 fully saturated rings. The molecule has 0 aromatic heterocycles. The van der Waals surface area contributed by atoms with E-state index < -0.39 is 18.1 Å². The average Bonchev–Trinajstić information content (AvgIpc) is 2.49. The number of hydrogen-bond donors (Lipinski definition) is 3. The number of carbonyl (C=O) groups is 2. The Balaban J connectivity index is 2.46. The Bertz CT molecular complexity index is 484. The third kappa shape index (κ3) is 5.83. The van der Waals surface area contributed by atoms with Gasteiger partial charge in [0, 0.05) is 18.5 Å². The van der Waals surface area contributed by atoms with Crippen molar-refractivity contribution in [3.05, 3.63) is 29.8 Å². The number of aliphatic hydroxyl groups is 1. The van der Waals surface area contributed by atoms with Crippen LogP contribution in [-0.2, 0) is 4.79 Å². The molecule has 0 saturated heterocycles. The van der Waals surface area contributed by atoms with Gasteiger partial charge in [0.15, 0.2) is 5.78 Å². The van der Waals surface area contributed by atoms with Gasteiger partial charge in [0.05, 0.1) is 12.7 Å². The first-order valence-electron chi connectivity index (χ1n) is 7.36. The van der Waals surface area contributed by atoms with Gasteiger partial charge in [0.2, 0.25) is 0 Å². The highest BCUT2D eigenvalue weighted by Crippen LogP contribution is 2.13. The molecule has 1 aromatic rings. The Morgan fingerprint density at radius 3 is 2.41 bits per heavy atom. The molecule has 1 rings (SSSR count). The summed E-state index contributed by atoms with van der Waals surface area (Å²) in [7, 11) is 0. The first-order chi connectivity index (χ1) is 10.5. The molecule has 0 aliphatic carbocycles. The van der Waals surface area contributed by atoms with Crippen molar-refractivity contribution >= 4 is 11.8 Å². The van der Waals surface area contributed by atoms with E-state index >= 15 is 0 Å². The van der Waals surface area contributed by atoms with Crippen molar-refractivity contribution in [3.8, 4) is 5.75 Å². The van der Waals surface area contributed by atoms with Crippen LogP contribution in [0.5, 0.6) is 5.75 Å². The highest BCUT2D eigenvalue weighted by Gasteiger charge is 2.22. The van der Waals surface area contributed by atoms with Crippen molar-refractivity contribution in [1.82, 2.24) is 5.32 Å². The zero-order valence-corrected chi connectivity index (χ0v) is 12.9. The second kappa shape index (κ2) is 9.17. The Kier molecular flexibility index (Phi) is 7.56. The molecule has 0 unspecified atom stereocenters. The topological polar surface area (TPSA) is 95.9 Å². The Morgan fingerprint density at radius 2 is 1.91 bits per heavy atom. The molecular formula is C16H23NO5. The number of Topliss-reactive ketones (excluding diaryl/α,β-unsaturated/α-hetero) is 1. The van der Waals surface area contributed by atoms with Crippen molar-refractivity contribution in [2.24, 2.45) is 0 Å². The number of carbonyl (C=O) groups excluding carboxylic acids is 1. The number of carboxylic acid groups (broad SMARTS) is 1. The van der Waals surface area contributed by atoms with Gasteiger partial charge >= 0.3 is 5.97 Å². The van der Waals surface area contributed by atoms with Crippen LogP contribution < -0.4 is 10.1 Å². The van der Waals surface area contributed by atoms with Crippen molar-refractivity contribution < 1.29 is 24.5 Å². The molecule has 2 atom stereocenters. The fourth-order valence-electron chi connectivity index (χ4n) is 1.91. The predicted molar refractivity (Wildman–Crippen MR) is 82.3 cm³/mol. The summed E-state index contributed by atoms with van der Waals surface area (Å²) in [5.41, 5.74) is 0.551. The van der Waals surface area contributed by atoms with Crippen LogP contribution in [0.4, 0.5) is 0 Å². The van der Waals surface area contributed by atoms with Crippen LogP contribution in [0.3, 0.4) is 0 Å². The normalized spacial score (nSPS) is 13.4. The zero-order chi connectivity index (χ0) is 16.5. The number of nitrogens with one attached hydrogen (secondary N) is 1. The van der Waals surface area contributed by atoms with E-state index in [2.05, 4.69) is 5.32 Å². The van der Waals surface area contributed by atoms with Crippen molar-refractivity contribution in [2.75, 3.05) is 13.2 Å². The molecule has 122 valence electrons. The lowest BCUT2D eigenvalue weighted by molar-refractivity contribution is -0.142. The lowest BCUT2D eigenvalue weighted by Crippen LogP contribution is -2.45. The number of hydrogen-bond acceptors (Lipinski definition) is 5. The van der Waals surface area contributed by atoms with E-state index in [1.54, 1.807) is 24.3 Å². The molecule has 0 radical (unpaired) electrons. The molecule has 0 heterocycles. The smallest absolute Gasteiger partial charge is 0.323 e. The molecule has 6 heteroatoms. The van der Waals surface area contributed by atoms with Gasteiger partial charge in [0.25, 0.3) is 0 Å². The highest BCUT2D eigenvalue weighted by molar-refractivity contribution is 5.96. The molecule has 22 heavy (non-hydrogen) atoms. The summed E-state index contributed by atoms with van der Waals surface area (Å²) in [5, 5.41) is 20.9. The summed E-state index contributed by atoms with van der Waals surface area (Å²) in [6.45, 7) is 4.23. The SMILES string of the molecule is CCCOc1ccc(C(=O)CCN[C@H](C(=O)O)[C@H](C)O)cc1. The van der Waals surface area contributed by atoms with Gasteiger partial charge in [-0.05, 0) is 37.6 Å². The standard InChI is InChI=1S/C16H23NO5/c1-3-10-22-13-6-4-12(5-7-13)14(19)8-9-17-15(11(2)18)16(20)21/h4-7,11,15,17-18H,3,8-10H2,1-2H3,(H,20,21)/t11-,15-/m0/s1. The first-order valence-corrected chi connectivity index (χ1v) is 7.36. The fourth-order valence-corrected chi connectivity index (χ4v) is 1.91. The van der Waals surface area contributed by atoms with Gasteiger partial charge in [-0.25, -0.2) is 0 Å². The lowest BCUT2D eigenvalue weighted by Gasteiger charge is -2.16. The minimum absolute atomic E-state index is 0.0933. The van der Waals surface area contributed by atoms with Crippen molar-refractivity contribution in [1.29, 1.82) is 0 Å². The van der Waals surface area contributed by atoms with Gasteiger partial charge in [-0.15, -0.1) is 0 Å². The van der Waals surface area contributed by atoms with E-state index in [0.717, 1.165) is 12.2 Å². The van der Waals surface area contributed by atoms with Gasteiger partial charge in [-0.1, -0.05) is 6.92 Å². The number of carboxylic acids is 1. The van der Waals surface area contributed by atoms with E-state index in [1.165, 1.54) is 6.92 Å². The molecule has 0 saturated carbocycles. The molecule has 0 spiro atoms. The molecule has 0 amide bonds. The Hall–Kier alpha value is -1.92. The summed E-state index contributed by atoms with van der Waals surface area (Å²) >= 11 is 0. The largest absolute Gasteiger partial charge is 0.494 e. The van der Waals surface area contributed by atoms with Crippen LogP contribution in [0.15, 0.2) is 24.3 Å². The van der Waals surface area contributed by atoms with Gasteiger partial charge in [-0.2, -0.15) is 0 Å². The molecule has 0 bridgehead atoms. The summed E-state index contributed by atoms with van der Waals surface area (Å²) in [6, 6.07) is 5.80. The van der Waals surface area contributed by atoms with Crippen LogP contribution in [-0.4, -0.2) is 47.3 Å². The number of aliphatic hydroxyl groups excluding tert-OH is 1. The summed E-state index contributed by atoms with van der Waals surface area (Å²) in [4.78, 5) is 22.9. The maximum Gasteiger partial charge on any atom is 0.323 e. The molecule has 1 aromatic carbocycles. The number of ether oxygens (including phenoxy) is 1. The average molecular weight is 309 g/mol. The van der Waals surface area contributed by atoms with Crippen LogP contribution in [0.2, 0.25) is 0 Å². The second-order valence-corrected chi connectivity index (χ2v) is 5.06. The van der Waals surface area contributed by atoms with E-state index in [-0.39, 0.29) is 18.7 Å². The Labute approximate surface area is 130 Å². The number of rotatable bonds is 10. The third-order valence-electron chi connectivity index (χ3n) is 3.11. The van der Waals surface area contributed by atoms with Crippen molar-refractivity contribution in [3.63, 3.8) is 0 Å². The number of benzene rings is 1. The van der Waals surface area contributed by atoms with E-state index in [9.17, 15) is 14.7 Å². The molecule has 3 N–H and O–H groups in total. The Morgan fingerprint density at radius 1 is 1.27 bits per heavy atom. The van der Waals surface area contributed by atoms with Gasteiger partial charge in [0.1, 0.15) is 11.8 Å². The lowest BCUT2D eigenvalue weighted by atomic mass is 10.1. The third-order valence-corrected chi connectivity index (χ3v) is 3.11. The predicted octanol–water partition coefficient (Wildman–Crippen LogP) is 1.47. The van der Waals surface area contributed by atoms with E-state index in [0.29, 0.717) is 12.2 Å². The van der Waals surface area contributed by atoms with Crippen LogP contribution in [0, 0.1) is 0 Å².